The first kappa shape index (κ1) is 38.6. The third kappa shape index (κ3) is 7.75. The van der Waals surface area contributed by atoms with Crippen LogP contribution in [0.4, 0.5) is 0 Å². The Morgan fingerprint density at radius 1 is 0.929 bits per heavy atom. The SMILES string of the molecule is CC1(C)COC(=O)C1OC(=O)C=Cc1ccccc1C(=O)OC1CC(C(=O)N2CCCC2C(=O)NCCO)=CC2OC(c3ccccc3)(c3ccccc3)OC21. The van der Waals surface area contributed by atoms with Gasteiger partial charge >= 0.3 is 17.9 Å². The predicted octanol–water partition coefficient (Wildman–Crippen LogP) is 3.83. The molecule has 2 amide bonds. The van der Waals surface area contributed by atoms with Gasteiger partial charge in [0.2, 0.25) is 23.7 Å². The smallest absolute Gasteiger partial charge is 0.348 e. The summed E-state index contributed by atoms with van der Waals surface area (Å²) in [5, 5.41) is 11.9. The van der Waals surface area contributed by atoms with E-state index >= 15 is 0 Å². The van der Waals surface area contributed by atoms with Crippen LogP contribution >= 0.6 is 0 Å². The zero-order chi connectivity index (χ0) is 39.5. The van der Waals surface area contributed by atoms with Crippen molar-refractivity contribution in [3.05, 3.63) is 125 Å². The van der Waals surface area contributed by atoms with Gasteiger partial charge in [0.05, 0.1) is 12.2 Å². The lowest BCUT2D eigenvalue weighted by molar-refractivity contribution is -0.159. The molecule has 3 heterocycles. The fourth-order valence-corrected chi connectivity index (χ4v) is 7.62. The molecule has 13 heteroatoms. The maximum Gasteiger partial charge on any atom is 0.348 e. The molecular weight excluding hydrogens is 720 g/mol. The number of aliphatic hydroxyl groups is 1. The predicted molar refractivity (Wildman–Crippen MR) is 200 cm³/mol. The van der Waals surface area contributed by atoms with Gasteiger partial charge in [-0.15, -0.1) is 0 Å². The molecule has 3 aromatic rings. The molecule has 0 aromatic heterocycles. The van der Waals surface area contributed by atoms with Crippen LogP contribution in [0.2, 0.25) is 0 Å². The number of nitrogens with zero attached hydrogens (tertiary/aromatic N) is 1. The summed E-state index contributed by atoms with van der Waals surface area (Å²) in [5.41, 5.74) is 1.49. The zero-order valence-electron chi connectivity index (χ0n) is 31.1. The highest BCUT2D eigenvalue weighted by atomic mass is 16.8. The minimum atomic E-state index is -1.42. The van der Waals surface area contributed by atoms with E-state index in [0.29, 0.717) is 41.6 Å². The molecule has 0 saturated carbocycles. The number of hydrogen-bond donors (Lipinski definition) is 2. The van der Waals surface area contributed by atoms with Gasteiger partial charge in [-0.05, 0) is 36.6 Å². The highest BCUT2D eigenvalue weighted by Crippen LogP contribution is 2.47. The summed E-state index contributed by atoms with van der Waals surface area (Å²) in [6, 6.07) is 24.6. The van der Waals surface area contributed by atoms with Gasteiger partial charge in [0.25, 0.3) is 0 Å². The molecule has 0 radical (unpaired) electrons. The number of rotatable bonds is 11. The summed E-state index contributed by atoms with van der Waals surface area (Å²) in [4.78, 5) is 67.9. The number of carbonyl (C=O) groups excluding carboxylic acids is 5. The second kappa shape index (κ2) is 16.2. The molecule has 0 bridgehead atoms. The summed E-state index contributed by atoms with van der Waals surface area (Å²) in [5.74, 6) is -4.30. The number of aliphatic hydroxyl groups excluding tert-OH is 1. The number of fused-ring (bicyclic) bond motifs is 1. The van der Waals surface area contributed by atoms with Crippen molar-refractivity contribution in [2.75, 3.05) is 26.3 Å². The Kier molecular flexibility index (Phi) is 11.2. The van der Waals surface area contributed by atoms with Crippen LogP contribution < -0.4 is 5.32 Å². The lowest BCUT2D eigenvalue weighted by Crippen LogP contribution is -2.49. The monoisotopic (exact) mass is 764 g/mol. The number of likely N-dealkylation sites (tertiary alicyclic amines) is 1. The van der Waals surface area contributed by atoms with Gasteiger partial charge in [0, 0.05) is 47.7 Å². The van der Waals surface area contributed by atoms with Gasteiger partial charge in [-0.2, -0.15) is 0 Å². The highest BCUT2D eigenvalue weighted by Gasteiger charge is 2.55. The number of hydrogen-bond acceptors (Lipinski definition) is 11. The first-order chi connectivity index (χ1) is 27.0. The molecule has 3 aromatic carbocycles. The Hall–Kier alpha value is -5.63. The molecule has 292 valence electrons. The number of cyclic esters (lactones) is 1. The molecule has 0 spiro atoms. The standard InChI is InChI=1S/C43H44N2O11/c1-42(2)26-52-41(51)37(42)54-35(47)20-19-27-12-9-10-17-31(27)40(50)53-33-24-28(39(49)45-22-11-18-32(45)38(48)44-21-23-46)25-34-36(33)56-43(55-34,29-13-5-3-6-14-29)30-15-7-4-8-16-30/h3-10,12-17,19-20,25,32-34,36-37,46H,11,18,21-24,26H2,1-2H3,(H,44,48). The van der Waals surface area contributed by atoms with Crippen LogP contribution in [0.1, 0.15) is 60.2 Å². The third-order valence-electron chi connectivity index (χ3n) is 10.5. The molecule has 13 nitrogen and oxygen atoms in total. The molecule has 1 aliphatic carbocycles. The van der Waals surface area contributed by atoms with E-state index in [-0.39, 0.29) is 43.6 Å². The lowest BCUT2D eigenvalue weighted by atomic mass is 9.90. The fourth-order valence-electron chi connectivity index (χ4n) is 7.62. The minimum Gasteiger partial charge on any atom is -0.462 e. The molecule has 7 rings (SSSR count). The Morgan fingerprint density at radius 3 is 2.27 bits per heavy atom. The van der Waals surface area contributed by atoms with Gasteiger partial charge in [-0.1, -0.05) is 92.7 Å². The van der Waals surface area contributed by atoms with Crippen LogP contribution in [0.3, 0.4) is 0 Å². The van der Waals surface area contributed by atoms with Gasteiger partial charge < -0.3 is 39.0 Å². The highest BCUT2D eigenvalue weighted by molar-refractivity contribution is 5.99. The van der Waals surface area contributed by atoms with Crippen molar-refractivity contribution in [3.63, 3.8) is 0 Å². The van der Waals surface area contributed by atoms with Crippen LogP contribution in [0.25, 0.3) is 6.08 Å². The normalized spacial score (nSPS) is 24.9. The average Bonchev–Trinajstić information content (AvgIpc) is 3.93. The third-order valence-corrected chi connectivity index (χ3v) is 10.5. The largest absolute Gasteiger partial charge is 0.462 e. The Bertz CT molecular complexity index is 1990. The van der Waals surface area contributed by atoms with Crippen LogP contribution in [0.15, 0.2) is 103 Å². The number of esters is 3. The van der Waals surface area contributed by atoms with Crippen molar-refractivity contribution >= 4 is 35.8 Å². The van der Waals surface area contributed by atoms with E-state index in [9.17, 15) is 29.1 Å². The van der Waals surface area contributed by atoms with Gasteiger partial charge in [0.1, 0.15) is 31.0 Å². The Labute approximate surface area is 324 Å². The van der Waals surface area contributed by atoms with E-state index in [1.54, 1.807) is 44.2 Å². The maximum atomic E-state index is 14.3. The van der Waals surface area contributed by atoms with E-state index in [1.165, 1.54) is 11.0 Å². The lowest BCUT2D eigenvalue weighted by Gasteiger charge is -2.33. The molecule has 56 heavy (non-hydrogen) atoms. The zero-order valence-corrected chi connectivity index (χ0v) is 31.1. The quantitative estimate of drug-likeness (QED) is 0.166. The number of benzene rings is 3. The first-order valence-electron chi connectivity index (χ1n) is 18.7. The first-order valence-corrected chi connectivity index (χ1v) is 18.7. The van der Waals surface area contributed by atoms with E-state index in [0.717, 1.165) is 6.08 Å². The number of amides is 2. The van der Waals surface area contributed by atoms with Gasteiger partial charge in [-0.3, -0.25) is 9.59 Å². The van der Waals surface area contributed by atoms with Crippen molar-refractivity contribution in [1.29, 1.82) is 0 Å². The number of ether oxygens (including phenoxy) is 5. The second-order valence-corrected chi connectivity index (χ2v) is 14.9. The van der Waals surface area contributed by atoms with Gasteiger partial charge in [-0.25, -0.2) is 14.4 Å². The van der Waals surface area contributed by atoms with Gasteiger partial charge in [0.15, 0.2) is 0 Å². The maximum absolute atomic E-state index is 14.3. The van der Waals surface area contributed by atoms with E-state index in [2.05, 4.69) is 5.32 Å². The molecule has 5 unspecified atom stereocenters. The van der Waals surface area contributed by atoms with Crippen LogP contribution in [-0.4, -0.2) is 96.5 Å². The average molecular weight is 765 g/mol. The summed E-state index contributed by atoms with van der Waals surface area (Å²) in [6.07, 6.45) is 1.50. The molecule has 5 atom stereocenters. The van der Waals surface area contributed by atoms with Crippen LogP contribution in [-0.2, 0) is 48.6 Å². The van der Waals surface area contributed by atoms with Crippen molar-refractivity contribution in [2.45, 2.75) is 69.4 Å². The minimum absolute atomic E-state index is 0.0339. The van der Waals surface area contributed by atoms with Crippen LogP contribution in [0, 0.1) is 5.41 Å². The van der Waals surface area contributed by atoms with Crippen molar-refractivity contribution < 1.29 is 52.8 Å². The second-order valence-electron chi connectivity index (χ2n) is 14.9. The van der Waals surface area contributed by atoms with E-state index in [1.807, 2.05) is 60.7 Å². The van der Waals surface area contributed by atoms with Crippen molar-refractivity contribution in [1.82, 2.24) is 10.2 Å². The molecule has 2 N–H and O–H groups in total. The molecule has 3 fully saturated rings. The molecule has 3 saturated heterocycles. The Balaban J connectivity index is 1.19. The topological polar surface area (TPSA) is 167 Å². The van der Waals surface area contributed by atoms with Crippen LogP contribution in [0.5, 0.6) is 0 Å². The van der Waals surface area contributed by atoms with Crippen molar-refractivity contribution in [2.24, 2.45) is 5.41 Å². The molecule has 3 aliphatic heterocycles. The molecular formula is C43H44N2O11. The summed E-state index contributed by atoms with van der Waals surface area (Å²) < 4.78 is 30.4. The summed E-state index contributed by atoms with van der Waals surface area (Å²) in [6.45, 7) is 3.84. The summed E-state index contributed by atoms with van der Waals surface area (Å²) >= 11 is 0. The number of nitrogens with one attached hydrogen (secondary N) is 1. The van der Waals surface area contributed by atoms with Crippen molar-refractivity contribution in [3.8, 4) is 0 Å². The number of carbonyl (C=O) groups is 5. The van der Waals surface area contributed by atoms with E-state index < -0.39 is 59.6 Å². The molecule has 4 aliphatic rings. The summed E-state index contributed by atoms with van der Waals surface area (Å²) in [7, 11) is 0. The Morgan fingerprint density at radius 2 is 1.61 bits per heavy atom. The fraction of sp³-hybridized carbons (Fsp3) is 0.372. The van der Waals surface area contributed by atoms with E-state index in [4.69, 9.17) is 23.7 Å².